The van der Waals surface area contributed by atoms with Gasteiger partial charge in [-0.15, -0.1) is 11.8 Å². The van der Waals surface area contributed by atoms with Crippen molar-refractivity contribution >= 4 is 17.5 Å². The molecular formula is C14H13FO3S. The predicted octanol–water partition coefficient (Wildman–Crippen LogP) is 3.76. The Morgan fingerprint density at radius 2 is 2.21 bits per heavy atom. The molecule has 0 aliphatic heterocycles. The first-order valence-electron chi connectivity index (χ1n) is 5.70. The predicted molar refractivity (Wildman–Crippen MR) is 71.8 cm³/mol. The lowest BCUT2D eigenvalue weighted by Crippen LogP contribution is -1.97. The molecule has 5 heteroatoms. The Kier molecular flexibility index (Phi) is 4.27. The summed E-state index contributed by atoms with van der Waals surface area (Å²) >= 11 is 1.48. The lowest BCUT2D eigenvalue weighted by atomic mass is 10.1. The van der Waals surface area contributed by atoms with Crippen molar-refractivity contribution in [2.24, 2.45) is 0 Å². The average molecular weight is 280 g/mol. The highest BCUT2D eigenvalue weighted by Crippen LogP contribution is 2.29. The van der Waals surface area contributed by atoms with E-state index in [2.05, 4.69) is 0 Å². The highest BCUT2D eigenvalue weighted by molar-refractivity contribution is 7.97. The highest BCUT2D eigenvalue weighted by Gasteiger charge is 2.13. The van der Waals surface area contributed by atoms with Crippen molar-refractivity contribution < 1.29 is 18.7 Å². The molecule has 0 saturated heterocycles. The SMILES string of the molecule is CC(=O)c1cc(F)cc(CSCc2ccco2)c1O. The van der Waals surface area contributed by atoms with E-state index in [1.54, 1.807) is 12.3 Å². The van der Waals surface area contributed by atoms with Gasteiger partial charge in [0.05, 0.1) is 17.6 Å². The van der Waals surface area contributed by atoms with E-state index >= 15 is 0 Å². The lowest BCUT2D eigenvalue weighted by molar-refractivity contribution is 0.101. The van der Waals surface area contributed by atoms with Crippen molar-refractivity contribution in [1.29, 1.82) is 0 Å². The fourth-order valence-electron chi connectivity index (χ4n) is 1.69. The summed E-state index contributed by atoms with van der Waals surface area (Å²) in [6.45, 7) is 1.30. The summed E-state index contributed by atoms with van der Waals surface area (Å²) < 4.78 is 18.6. The van der Waals surface area contributed by atoms with Gasteiger partial charge in [0.2, 0.25) is 0 Å². The van der Waals surface area contributed by atoms with E-state index in [-0.39, 0.29) is 17.1 Å². The Balaban J connectivity index is 2.09. The van der Waals surface area contributed by atoms with Gasteiger partial charge in [-0.3, -0.25) is 4.79 Å². The van der Waals surface area contributed by atoms with E-state index in [9.17, 15) is 14.3 Å². The van der Waals surface area contributed by atoms with E-state index in [4.69, 9.17) is 4.42 Å². The maximum atomic E-state index is 13.4. The van der Waals surface area contributed by atoms with Gasteiger partial charge in [0.15, 0.2) is 5.78 Å². The Labute approximate surface area is 114 Å². The molecule has 1 heterocycles. The first-order chi connectivity index (χ1) is 9.08. The number of rotatable bonds is 5. The molecule has 0 fully saturated rings. The van der Waals surface area contributed by atoms with Crippen molar-refractivity contribution in [1.82, 2.24) is 0 Å². The van der Waals surface area contributed by atoms with Crippen molar-refractivity contribution in [2.45, 2.75) is 18.4 Å². The monoisotopic (exact) mass is 280 g/mol. The number of aromatic hydroxyl groups is 1. The number of halogens is 1. The van der Waals surface area contributed by atoms with Gasteiger partial charge in [-0.1, -0.05) is 0 Å². The first-order valence-corrected chi connectivity index (χ1v) is 6.86. The molecule has 0 saturated carbocycles. The van der Waals surface area contributed by atoms with E-state index in [1.165, 1.54) is 24.8 Å². The second-order valence-electron chi connectivity index (χ2n) is 4.09. The summed E-state index contributed by atoms with van der Waals surface area (Å²) in [4.78, 5) is 11.3. The maximum Gasteiger partial charge on any atom is 0.163 e. The lowest BCUT2D eigenvalue weighted by Gasteiger charge is -2.08. The topological polar surface area (TPSA) is 50.4 Å². The number of carbonyl (C=O) groups excluding carboxylic acids is 1. The molecule has 0 atom stereocenters. The van der Waals surface area contributed by atoms with Gasteiger partial charge >= 0.3 is 0 Å². The number of hydrogen-bond donors (Lipinski definition) is 1. The molecular weight excluding hydrogens is 267 g/mol. The standard InChI is InChI=1S/C14H13FO3S/c1-9(16)13-6-11(15)5-10(14(13)17)7-19-8-12-3-2-4-18-12/h2-6,17H,7-8H2,1H3. The van der Waals surface area contributed by atoms with Gasteiger partial charge in [-0.2, -0.15) is 0 Å². The molecule has 0 amide bonds. The smallest absolute Gasteiger partial charge is 0.163 e. The van der Waals surface area contributed by atoms with Crippen LogP contribution in [0.15, 0.2) is 34.9 Å². The molecule has 19 heavy (non-hydrogen) atoms. The van der Waals surface area contributed by atoms with Crippen LogP contribution in [0.1, 0.15) is 28.6 Å². The summed E-state index contributed by atoms with van der Waals surface area (Å²) in [6, 6.07) is 5.94. The Bertz CT molecular complexity index is 579. The molecule has 0 bridgehead atoms. The number of phenolic OH excluding ortho intramolecular Hbond substituents is 1. The minimum absolute atomic E-state index is 0.0219. The number of carbonyl (C=O) groups is 1. The van der Waals surface area contributed by atoms with Crippen molar-refractivity contribution in [3.8, 4) is 5.75 Å². The van der Waals surface area contributed by atoms with Gasteiger partial charge in [-0.05, 0) is 31.2 Å². The molecule has 0 aliphatic carbocycles. The average Bonchev–Trinajstić information content (AvgIpc) is 2.86. The number of furan rings is 1. The molecule has 0 unspecified atom stereocenters. The van der Waals surface area contributed by atoms with E-state index in [1.807, 2.05) is 6.07 Å². The van der Waals surface area contributed by atoms with Crippen LogP contribution in [0.25, 0.3) is 0 Å². The second-order valence-corrected chi connectivity index (χ2v) is 5.08. The van der Waals surface area contributed by atoms with Crippen LogP contribution in [0, 0.1) is 5.82 Å². The highest BCUT2D eigenvalue weighted by atomic mass is 32.2. The summed E-state index contributed by atoms with van der Waals surface area (Å²) in [5.41, 5.74) is 0.440. The number of thioether (sulfide) groups is 1. The minimum Gasteiger partial charge on any atom is -0.507 e. The molecule has 2 aromatic rings. The third-order valence-corrected chi connectivity index (χ3v) is 3.62. The van der Waals surface area contributed by atoms with Crippen LogP contribution in [0.5, 0.6) is 5.75 Å². The number of hydrogen-bond acceptors (Lipinski definition) is 4. The van der Waals surface area contributed by atoms with Gasteiger partial charge < -0.3 is 9.52 Å². The number of phenols is 1. The normalized spacial score (nSPS) is 10.6. The largest absolute Gasteiger partial charge is 0.507 e. The summed E-state index contributed by atoms with van der Waals surface area (Å²) in [7, 11) is 0. The maximum absolute atomic E-state index is 13.4. The molecule has 2 rings (SSSR count). The zero-order chi connectivity index (χ0) is 13.8. The Hall–Kier alpha value is -1.75. The van der Waals surface area contributed by atoms with Crippen LogP contribution in [0.3, 0.4) is 0 Å². The van der Waals surface area contributed by atoms with Crippen LogP contribution in [0.4, 0.5) is 4.39 Å². The zero-order valence-corrected chi connectivity index (χ0v) is 11.2. The second kappa shape index (κ2) is 5.93. The van der Waals surface area contributed by atoms with Crippen LogP contribution >= 0.6 is 11.8 Å². The molecule has 0 aliphatic rings. The molecule has 100 valence electrons. The number of Topliss-reactive ketones (excluding diaryl/α,β-unsaturated/α-hetero) is 1. The molecule has 1 aromatic heterocycles. The fourth-order valence-corrected chi connectivity index (χ4v) is 2.60. The van der Waals surface area contributed by atoms with Gasteiger partial charge in [0.1, 0.15) is 17.3 Å². The van der Waals surface area contributed by atoms with Crippen LogP contribution in [-0.2, 0) is 11.5 Å². The van der Waals surface area contributed by atoms with Gasteiger partial charge in [0, 0.05) is 11.3 Å². The van der Waals surface area contributed by atoms with Crippen LogP contribution < -0.4 is 0 Å². The summed E-state index contributed by atoms with van der Waals surface area (Å²) in [5, 5.41) is 9.92. The molecule has 0 spiro atoms. The Morgan fingerprint density at radius 3 is 2.84 bits per heavy atom. The van der Waals surface area contributed by atoms with Crippen LogP contribution in [0.2, 0.25) is 0 Å². The quantitative estimate of drug-likeness (QED) is 0.847. The first kappa shape index (κ1) is 13.7. The van der Waals surface area contributed by atoms with E-state index in [0.717, 1.165) is 11.8 Å². The summed E-state index contributed by atoms with van der Waals surface area (Å²) in [6.07, 6.45) is 1.59. The summed E-state index contributed by atoms with van der Waals surface area (Å²) in [5.74, 6) is 0.836. The van der Waals surface area contributed by atoms with E-state index in [0.29, 0.717) is 17.1 Å². The molecule has 3 nitrogen and oxygen atoms in total. The molecule has 1 aromatic carbocycles. The fraction of sp³-hybridized carbons (Fsp3) is 0.214. The number of ketones is 1. The van der Waals surface area contributed by atoms with E-state index < -0.39 is 5.82 Å². The molecule has 0 radical (unpaired) electrons. The third kappa shape index (κ3) is 3.38. The van der Waals surface area contributed by atoms with Crippen molar-refractivity contribution in [3.05, 3.63) is 53.2 Å². The van der Waals surface area contributed by atoms with Gasteiger partial charge in [-0.25, -0.2) is 4.39 Å². The van der Waals surface area contributed by atoms with Crippen molar-refractivity contribution in [2.75, 3.05) is 0 Å². The third-order valence-electron chi connectivity index (χ3n) is 2.61. The zero-order valence-electron chi connectivity index (χ0n) is 10.4. The minimum atomic E-state index is -0.517. The molecule has 1 N–H and O–H groups in total. The van der Waals surface area contributed by atoms with Crippen molar-refractivity contribution in [3.63, 3.8) is 0 Å². The number of benzene rings is 1. The Morgan fingerprint density at radius 1 is 1.42 bits per heavy atom. The van der Waals surface area contributed by atoms with Crippen LogP contribution in [-0.4, -0.2) is 10.9 Å². The van der Waals surface area contributed by atoms with Gasteiger partial charge in [0.25, 0.3) is 0 Å².